The maximum absolute atomic E-state index is 5.48. The van der Waals surface area contributed by atoms with Gasteiger partial charge in [-0.25, -0.2) is 0 Å². The van der Waals surface area contributed by atoms with Crippen LogP contribution in [0.2, 0.25) is 0 Å². The molecule has 27 heavy (non-hydrogen) atoms. The van der Waals surface area contributed by atoms with E-state index < -0.39 is 0 Å². The van der Waals surface area contributed by atoms with Crippen LogP contribution in [-0.2, 0) is 0 Å². The molecule has 4 aromatic rings. The monoisotopic (exact) mass is 376 g/mol. The van der Waals surface area contributed by atoms with Gasteiger partial charge in [0.1, 0.15) is 17.2 Å². The van der Waals surface area contributed by atoms with Crippen molar-refractivity contribution in [3.8, 4) is 38.8 Å². The van der Waals surface area contributed by atoms with Crippen molar-refractivity contribution in [3.63, 3.8) is 0 Å². The van der Waals surface area contributed by atoms with Crippen molar-refractivity contribution in [2.75, 3.05) is 21.3 Å². The highest BCUT2D eigenvalue weighted by Gasteiger charge is 2.17. The lowest BCUT2D eigenvalue weighted by molar-refractivity contribution is 0.394. The summed E-state index contributed by atoms with van der Waals surface area (Å²) in [7, 11) is 5.03. The first-order valence-electron chi connectivity index (χ1n) is 8.63. The molecule has 0 aliphatic heterocycles. The van der Waals surface area contributed by atoms with Gasteiger partial charge in [-0.05, 0) is 41.5 Å². The van der Waals surface area contributed by atoms with Crippen molar-refractivity contribution < 1.29 is 14.2 Å². The highest BCUT2D eigenvalue weighted by molar-refractivity contribution is 7.23. The Labute approximate surface area is 162 Å². The summed E-state index contributed by atoms with van der Waals surface area (Å²) in [4.78, 5) is 1.19. The summed E-state index contributed by atoms with van der Waals surface area (Å²) in [5.74, 6) is 2.41. The molecule has 0 amide bonds. The molecule has 1 heterocycles. The maximum Gasteiger partial charge on any atom is 0.123 e. The first-order chi connectivity index (χ1) is 13.2. The van der Waals surface area contributed by atoms with E-state index in [1.807, 2.05) is 18.2 Å². The molecule has 0 spiro atoms. The first kappa shape index (κ1) is 17.4. The molecule has 0 saturated heterocycles. The summed E-state index contributed by atoms with van der Waals surface area (Å²) in [5.41, 5.74) is 3.46. The van der Waals surface area contributed by atoms with Gasteiger partial charge < -0.3 is 14.2 Å². The second-order valence-corrected chi connectivity index (χ2v) is 7.18. The molecule has 0 aliphatic carbocycles. The molecule has 0 radical (unpaired) electrons. The van der Waals surface area contributed by atoms with Crippen LogP contribution in [0, 0.1) is 0 Å². The Hall–Kier alpha value is -2.98. The van der Waals surface area contributed by atoms with E-state index in [-0.39, 0.29) is 0 Å². The Morgan fingerprint density at radius 3 is 1.89 bits per heavy atom. The van der Waals surface area contributed by atoms with E-state index in [4.69, 9.17) is 14.2 Å². The van der Waals surface area contributed by atoms with Crippen LogP contribution in [0.25, 0.3) is 31.7 Å². The van der Waals surface area contributed by atoms with Gasteiger partial charge in [-0.3, -0.25) is 0 Å². The summed E-state index contributed by atoms with van der Waals surface area (Å²) in [6.45, 7) is 0. The lowest BCUT2D eigenvalue weighted by Crippen LogP contribution is -1.89. The number of ether oxygens (including phenoxy) is 3. The molecular formula is C23H20O3S. The van der Waals surface area contributed by atoms with Gasteiger partial charge in [0, 0.05) is 26.6 Å². The van der Waals surface area contributed by atoms with Crippen molar-refractivity contribution in [2.45, 2.75) is 0 Å². The summed E-state index contributed by atoms with van der Waals surface area (Å²) in [6, 6.07) is 22.7. The molecule has 4 heteroatoms. The quantitative estimate of drug-likeness (QED) is 0.411. The smallest absolute Gasteiger partial charge is 0.123 e. The third kappa shape index (κ3) is 3.24. The Balaban J connectivity index is 1.98. The Morgan fingerprint density at radius 2 is 1.26 bits per heavy atom. The third-order valence-electron chi connectivity index (χ3n) is 4.59. The van der Waals surface area contributed by atoms with Crippen LogP contribution >= 0.6 is 11.3 Å². The van der Waals surface area contributed by atoms with E-state index in [9.17, 15) is 0 Å². The number of fused-ring (bicyclic) bond motifs is 1. The Morgan fingerprint density at radius 1 is 0.630 bits per heavy atom. The molecule has 0 atom stereocenters. The molecular weight excluding hydrogens is 356 g/mol. The van der Waals surface area contributed by atoms with Crippen molar-refractivity contribution in [1.82, 2.24) is 0 Å². The van der Waals surface area contributed by atoms with Crippen molar-refractivity contribution in [3.05, 3.63) is 66.7 Å². The normalized spacial score (nSPS) is 10.8. The van der Waals surface area contributed by atoms with Crippen LogP contribution in [0.5, 0.6) is 17.2 Å². The zero-order chi connectivity index (χ0) is 18.8. The minimum atomic E-state index is 0.780. The molecule has 0 unspecified atom stereocenters. The second kappa shape index (κ2) is 7.33. The van der Waals surface area contributed by atoms with Crippen molar-refractivity contribution >= 4 is 21.4 Å². The third-order valence-corrected chi connectivity index (χ3v) is 5.81. The molecule has 136 valence electrons. The molecule has 0 bridgehead atoms. The first-order valence-corrected chi connectivity index (χ1v) is 9.44. The lowest BCUT2D eigenvalue weighted by atomic mass is 9.98. The van der Waals surface area contributed by atoms with Gasteiger partial charge in [0.05, 0.1) is 21.3 Å². The maximum atomic E-state index is 5.48. The molecule has 0 saturated carbocycles. The molecule has 4 rings (SSSR count). The molecule has 3 nitrogen and oxygen atoms in total. The number of hydrogen-bond donors (Lipinski definition) is 0. The van der Waals surface area contributed by atoms with Crippen molar-refractivity contribution in [1.29, 1.82) is 0 Å². The lowest BCUT2D eigenvalue weighted by Gasteiger charge is -2.10. The number of benzene rings is 3. The average Bonchev–Trinajstić information content (AvgIpc) is 3.13. The minimum absolute atomic E-state index is 0.780. The van der Waals surface area contributed by atoms with Gasteiger partial charge in [0.25, 0.3) is 0 Å². The second-order valence-electron chi connectivity index (χ2n) is 6.13. The fraction of sp³-hybridized carbons (Fsp3) is 0.130. The van der Waals surface area contributed by atoms with E-state index in [1.165, 1.54) is 20.5 Å². The van der Waals surface area contributed by atoms with Gasteiger partial charge in [0.2, 0.25) is 0 Å². The number of thiophene rings is 1. The largest absolute Gasteiger partial charge is 0.497 e. The predicted molar refractivity (Wildman–Crippen MR) is 112 cm³/mol. The highest BCUT2D eigenvalue weighted by atomic mass is 32.1. The average molecular weight is 376 g/mol. The van der Waals surface area contributed by atoms with E-state index in [0.29, 0.717) is 0 Å². The van der Waals surface area contributed by atoms with Crippen LogP contribution in [-0.4, -0.2) is 21.3 Å². The fourth-order valence-electron chi connectivity index (χ4n) is 3.23. The van der Waals surface area contributed by atoms with E-state index >= 15 is 0 Å². The summed E-state index contributed by atoms with van der Waals surface area (Å²) in [6.07, 6.45) is 0. The molecule has 1 aromatic heterocycles. The van der Waals surface area contributed by atoms with E-state index in [1.54, 1.807) is 32.7 Å². The van der Waals surface area contributed by atoms with Crippen LogP contribution < -0.4 is 14.2 Å². The van der Waals surface area contributed by atoms with E-state index in [2.05, 4.69) is 48.5 Å². The SMILES string of the molecule is COc1ccc(-c2c(-c3cc(OC)cc(OC)c3)sc3ccccc23)cc1. The Kier molecular flexibility index (Phi) is 4.73. The Bertz CT molecular complexity index is 1060. The molecule has 0 N–H and O–H groups in total. The molecule has 0 fully saturated rings. The van der Waals surface area contributed by atoms with Gasteiger partial charge >= 0.3 is 0 Å². The van der Waals surface area contributed by atoms with Gasteiger partial charge in [-0.15, -0.1) is 11.3 Å². The minimum Gasteiger partial charge on any atom is -0.497 e. The predicted octanol–water partition coefficient (Wildman–Crippen LogP) is 6.26. The summed E-state index contributed by atoms with van der Waals surface area (Å²) >= 11 is 1.78. The highest BCUT2D eigenvalue weighted by Crippen LogP contribution is 2.46. The van der Waals surface area contributed by atoms with Crippen LogP contribution in [0.15, 0.2) is 66.7 Å². The standard InChI is InChI=1S/C23H20O3S/c1-24-17-10-8-15(9-11-17)22-20-6-4-5-7-21(20)27-23(22)16-12-18(25-2)14-19(13-16)26-3/h4-14H,1-3H3. The van der Waals surface area contributed by atoms with Crippen LogP contribution in [0.4, 0.5) is 0 Å². The zero-order valence-corrected chi connectivity index (χ0v) is 16.3. The number of rotatable bonds is 5. The van der Waals surface area contributed by atoms with Gasteiger partial charge in [-0.2, -0.15) is 0 Å². The molecule has 3 aromatic carbocycles. The van der Waals surface area contributed by atoms with Crippen molar-refractivity contribution in [2.24, 2.45) is 0 Å². The van der Waals surface area contributed by atoms with E-state index in [0.717, 1.165) is 28.4 Å². The van der Waals surface area contributed by atoms with Gasteiger partial charge in [-0.1, -0.05) is 30.3 Å². The summed E-state index contributed by atoms with van der Waals surface area (Å²) in [5, 5.41) is 1.24. The summed E-state index contributed by atoms with van der Waals surface area (Å²) < 4.78 is 17.5. The van der Waals surface area contributed by atoms with Gasteiger partial charge in [0.15, 0.2) is 0 Å². The topological polar surface area (TPSA) is 27.7 Å². The number of methoxy groups -OCH3 is 3. The fourth-order valence-corrected chi connectivity index (χ4v) is 4.44. The van der Waals surface area contributed by atoms with Crippen LogP contribution in [0.1, 0.15) is 0 Å². The number of hydrogen-bond acceptors (Lipinski definition) is 4. The van der Waals surface area contributed by atoms with Crippen LogP contribution in [0.3, 0.4) is 0 Å². The molecule has 0 aliphatic rings. The zero-order valence-electron chi connectivity index (χ0n) is 15.5.